The fourth-order valence-corrected chi connectivity index (χ4v) is 1.85. The summed E-state index contributed by atoms with van der Waals surface area (Å²) in [5.74, 6) is -0.111. The number of morpholine rings is 1. The van der Waals surface area contributed by atoms with Crippen LogP contribution in [0.15, 0.2) is 6.20 Å². The highest BCUT2D eigenvalue weighted by Crippen LogP contribution is 2.16. The highest BCUT2D eigenvalue weighted by Gasteiger charge is 2.23. The molecule has 0 N–H and O–H groups in total. The zero-order valence-corrected chi connectivity index (χ0v) is 9.90. The molecule has 88 valence electrons. The Hall–Kier alpha value is -1.07. The summed E-state index contributed by atoms with van der Waals surface area (Å²) in [6.07, 6.45) is 1.68. The van der Waals surface area contributed by atoms with Crippen molar-refractivity contribution in [3.8, 4) is 0 Å². The molecule has 0 radical (unpaired) electrons. The van der Waals surface area contributed by atoms with E-state index in [-0.39, 0.29) is 5.91 Å². The summed E-state index contributed by atoms with van der Waals surface area (Å²) in [6, 6.07) is 0. The zero-order valence-electron chi connectivity index (χ0n) is 9.15. The predicted molar refractivity (Wildman–Crippen MR) is 59.6 cm³/mol. The molecule has 0 bridgehead atoms. The van der Waals surface area contributed by atoms with Crippen molar-refractivity contribution in [1.29, 1.82) is 0 Å². The molecular formula is C10H14ClN3O2. The normalized spacial score (nSPS) is 16.5. The highest BCUT2D eigenvalue weighted by molar-refractivity contribution is 6.33. The molecule has 0 spiro atoms. The van der Waals surface area contributed by atoms with Gasteiger partial charge in [0.2, 0.25) is 0 Å². The standard InChI is InChI=1S/C10H14ClN3O2/c1-2-14-7-8(11)9(12-14)10(15)13-3-5-16-6-4-13/h7H,2-6H2,1H3. The lowest BCUT2D eigenvalue weighted by Crippen LogP contribution is -2.41. The van der Waals surface area contributed by atoms with Gasteiger partial charge in [-0.3, -0.25) is 9.48 Å². The third kappa shape index (κ3) is 2.20. The van der Waals surface area contributed by atoms with Crippen LogP contribution in [0.5, 0.6) is 0 Å². The molecule has 2 heterocycles. The van der Waals surface area contributed by atoms with Crippen LogP contribution in [0.2, 0.25) is 5.02 Å². The number of hydrogen-bond acceptors (Lipinski definition) is 3. The molecule has 0 aliphatic carbocycles. The third-order valence-corrected chi connectivity index (χ3v) is 2.82. The van der Waals surface area contributed by atoms with Gasteiger partial charge in [0.15, 0.2) is 5.69 Å². The van der Waals surface area contributed by atoms with Crippen LogP contribution in [0.3, 0.4) is 0 Å². The van der Waals surface area contributed by atoms with E-state index < -0.39 is 0 Å². The van der Waals surface area contributed by atoms with Crippen molar-refractivity contribution >= 4 is 17.5 Å². The summed E-state index contributed by atoms with van der Waals surface area (Å²) in [5.41, 5.74) is 0.338. The molecule has 1 saturated heterocycles. The van der Waals surface area contributed by atoms with Crippen molar-refractivity contribution in [1.82, 2.24) is 14.7 Å². The van der Waals surface area contributed by atoms with Gasteiger partial charge in [-0.25, -0.2) is 0 Å². The average molecular weight is 244 g/mol. The molecule has 1 aromatic heterocycles. The van der Waals surface area contributed by atoms with Gasteiger partial charge in [-0.1, -0.05) is 11.6 Å². The Kier molecular flexibility index (Phi) is 3.46. The van der Waals surface area contributed by atoms with Crippen LogP contribution in [-0.2, 0) is 11.3 Å². The van der Waals surface area contributed by atoms with Crippen molar-refractivity contribution in [3.05, 3.63) is 16.9 Å². The van der Waals surface area contributed by atoms with Crippen LogP contribution >= 0.6 is 11.6 Å². The molecule has 1 aliphatic rings. The summed E-state index contributed by atoms with van der Waals surface area (Å²) in [4.78, 5) is 13.8. The number of nitrogens with zero attached hydrogens (tertiary/aromatic N) is 3. The minimum Gasteiger partial charge on any atom is -0.378 e. The molecule has 1 aliphatic heterocycles. The lowest BCUT2D eigenvalue weighted by atomic mass is 10.3. The molecule has 1 amide bonds. The number of ether oxygens (including phenoxy) is 1. The van der Waals surface area contributed by atoms with Crippen molar-refractivity contribution in [2.45, 2.75) is 13.5 Å². The van der Waals surface area contributed by atoms with Crippen LogP contribution in [0, 0.1) is 0 Å². The van der Waals surface area contributed by atoms with E-state index >= 15 is 0 Å². The lowest BCUT2D eigenvalue weighted by Gasteiger charge is -2.26. The number of carbonyl (C=O) groups is 1. The van der Waals surface area contributed by atoms with E-state index in [1.807, 2.05) is 6.92 Å². The Balaban J connectivity index is 2.15. The topological polar surface area (TPSA) is 47.4 Å². The van der Waals surface area contributed by atoms with Gasteiger partial charge < -0.3 is 9.64 Å². The number of aromatic nitrogens is 2. The monoisotopic (exact) mass is 243 g/mol. The summed E-state index contributed by atoms with van der Waals surface area (Å²) in [5, 5.41) is 4.57. The molecule has 0 atom stereocenters. The van der Waals surface area contributed by atoms with Crippen molar-refractivity contribution in [3.63, 3.8) is 0 Å². The molecule has 16 heavy (non-hydrogen) atoms. The molecule has 5 nitrogen and oxygen atoms in total. The molecule has 0 aromatic carbocycles. The second-order valence-electron chi connectivity index (χ2n) is 3.59. The van der Waals surface area contributed by atoms with Gasteiger partial charge in [0.05, 0.1) is 18.2 Å². The SMILES string of the molecule is CCn1cc(Cl)c(C(=O)N2CCOCC2)n1. The van der Waals surface area contributed by atoms with Crippen molar-refractivity contribution in [2.24, 2.45) is 0 Å². The van der Waals surface area contributed by atoms with Crippen LogP contribution in [0.25, 0.3) is 0 Å². The van der Waals surface area contributed by atoms with E-state index in [2.05, 4.69) is 5.10 Å². The van der Waals surface area contributed by atoms with Crippen molar-refractivity contribution < 1.29 is 9.53 Å². The summed E-state index contributed by atoms with van der Waals surface area (Å²) in [7, 11) is 0. The molecule has 0 saturated carbocycles. The summed E-state index contributed by atoms with van der Waals surface area (Å²) >= 11 is 5.98. The van der Waals surface area contributed by atoms with E-state index in [1.165, 1.54) is 0 Å². The van der Waals surface area contributed by atoms with E-state index in [0.717, 1.165) is 0 Å². The second kappa shape index (κ2) is 4.84. The third-order valence-electron chi connectivity index (χ3n) is 2.54. The predicted octanol–water partition coefficient (Wildman–Crippen LogP) is 1.03. The second-order valence-corrected chi connectivity index (χ2v) is 3.99. The molecule has 1 aromatic rings. The minimum absolute atomic E-state index is 0.111. The Morgan fingerprint density at radius 1 is 1.56 bits per heavy atom. The molecular weight excluding hydrogens is 230 g/mol. The van der Waals surface area contributed by atoms with E-state index in [9.17, 15) is 4.79 Å². The van der Waals surface area contributed by atoms with Crippen molar-refractivity contribution in [2.75, 3.05) is 26.3 Å². The van der Waals surface area contributed by atoms with E-state index in [1.54, 1.807) is 15.8 Å². The summed E-state index contributed by atoms with van der Waals surface area (Å²) < 4.78 is 6.85. The van der Waals surface area contributed by atoms with E-state index in [4.69, 9.17) is 16.3 Å². The summed E-state index contributed by atoms with van der Waals surface area (Å²) in [6.45, 7) is 5.03. The molecule has 0 unspecified atom stereocenters. The van der Waals surface area contributed by atoms with Gasteiger partial charge in [-0.2, -0.15) is 5.10 Å². The van der Waals surface area contributed by atoms with Gasteiger partial charge in [0.25, 0.3) is 5.91 Å². The number of halogens is 1. The first-order valence-corrected chi connectivity index (χ1v) is 5.70. The fraction of sp³-hybridized carbons (Fsp3) is 0.600. The number of amides is 1. The van der Waals surface area contributed by atoms with Gasteiger partial charge in [0.1, 0.15) is 0 Å². The van der Waals surface area contributed by atoms with Crippen LogP contribution < -0.4 is 0 Å². The maximum atomic E-state index is 12.1. The number of carbonyl (C=O) groups excluding carboxylic acids is 1. The van der Waals surface area contributed by atoms with Gasteiger partial charge in [-0.05, 0) is 6.92 Å². The smallest absolute Gasteiger partial charge is 0.276 e. The largest absolute Gasteiger partial charge is 0.378 e. The minimum atomic E-state index is -0.111. The first-order valence-electron chi connectivity index (χ1n) is 5.32. The number of rotatable bonds is 2. The number of aryl methyl sites for hydroxylation is 1. The molecule has 2 rings (SSSR count). The van der Waals surface area contributed by atoms with Crippen LogP contribution in [0.4, 0.5) is 0 Å². The average Bonchev–Trinajstić information content (AvgIpc) is 2.71. The Bertz CT molecular complexity index is 385. The Labute approximate surface area is 98.9 Å². The first kappa shape index (κ1) is 11.4. The highest BCUT2D eigenvalue weighted by atomic mass is 35.5. The quantitative estimate of drug-likeness (QED) is 0.780. The maximum absolute atomic E-state index is 12.1. The van der Waals surface area contributed by atoms with Crippen LogP contribution in [0.1, 0.15) is 17.4 Å². The Morgan fingerprint density at radius 3 is 2.81 bits per heavy atom. The fourth-order valence-electron chi connectivity index (χ4n) is 1.62. The van der Waals surface area contributed by atoms with Gasteiger partial charge in [-0.15, -0.1) is 0 Å². The number of hydrogen-bond donors (Lipinski definition) is 0. The molecule has 1 fully saturated rings. The van der Waals surface area contributed by atoms with Gasteiger partial charge >= 0.3 is 0 Å². The van der Waals surface area contributed by atoms with E-state index in [0.29, 0.717) is 43.6 Å². The van der Waals surface area contributed by atoms with Gasteiger partial charge in [0, 0.05) is 25.8 Å². The first-order chi connectivity index (χ1) is 7.72. The lowest BCUT2D eigenvalue weighted by molar-refractivity contribution is 0.0298. The zero-order chi connectivity index (χ0) is 11.5. The maximum Gasteiger partial charge on any atom is 0.276 e. The van der Waals surface area contributed by atoms with Crippen LogP contribution in [-0.4, -0.2) is 46.9 Å². The Morgan fingerprint density at radius 2 is 2.25 bits per heavy atom. The molecule has 6 heteroatoms.